The molecule has 0 fully saturated rings. The van der Waals surface area contributed by atoms with Crippen molar-refractivity contribution < 1.29 is 9.53 Å². The second-order valence-electron chi connectivity index (χ2n) is 2.67. The highest BCUT2D eigenvalue weighted by Gasteiger charge is 2.08. The molecule has 0 amide bonds. The Bertz CT molecular complexity index is 339. The van der Waals surface area contributed by atoms with Gasteiger partial charge in [0.05, 0.1) is 22.9 Å². The van der Waals surface area contributed by atoms with Crippen LogP contribution in [-0.4, -0.2) is 19.6 Å². The van der Waals surface area contributed by atoms with E-state index in [-0.39, 0.29) is 5.97 Å². The van der Waals surface area contributed by atoms with Crippen molar-refractivity contribution in [2.75, 3.05) is 19.0 Å². The summed E-state index contributed by atoms with van der Waals surface area (Å²) in [6, 6.07) is 5.01. The van der Waals surface area contributed by atoms with E-state index in [1.54, 1.807) is 32.2 Å². The molecule has 3 nitrogen and oxygen atoms in total. The Kier molecular flexibility index (Phi) is 3.77. The Hall–Kier alpha value is -1.22. The van der Waals surface area contributed by atoms with E-state index in [0.29, 0.717) is 17.2 Å². The molecule has 0 radical (unpaired) electrons. The summed E-state index contributed by atoms with van der Waals surface area (Å²) in [6.07, 6.45) is 0. The maximum Gasteiger partial charge on any atom is 0.338 e. The van der Waals surface area contributed by atoms with Crippen molar-refractivity contribution in [3.63, 3.8) is 0 Å². The number of rotatable bonds is 3. The third-order valence-electron chi connectivity index (χ3n) is 1.75. The first-order chi connectivity index (χ1) is 6.69. The predicted octanol–water partition coefficient (Wildman–Crippen LogP) is 2.56. The maximum absolute atomic E-state index is 11.3. The van der Waals surface area contributed by atoms with Crippen molar-refractivity contribution in [3.05, 3.63) is 28.8 Å². The zero-order chi connectivity index (χ0) is 10.6. The lowest BCUT2D eigenvalue weighted by atomic mass is 10.2. The molecule has 1 aromatic rings. The van der Waals surface area contributed by atoms with Crippen molar-refractivity contribution in [2.45, 2.75) is 6.92 Å². The van der Waals surface area contributed by atoms with E-state index in [9.17, 15) is 4.79 Å². The molecule has 0 aromatic heterocycles. The molecule has 0 aliphatic rings. The van der Waals surface area contributed by atoms with Crippen LogP contribution in [0.15, 0.2) is 18.2 Å². The van der Waals surface area contributed by atoms with Gasteiger partial charge in [-0.3, -0.25) is 0 Å². The molecular weight excluding hydrogens is 202 g/mol. The second-order valence-corrected chi connectivity index (χ2v) is 3.07. The van der Waals surface area contributed by atoms with Gasteiger partial charge in [-0.1, -0.05) is 11.6 Å². The Morgan fingerprint density at radius 1 is 1.57 bits per heavy atom. The molecule has 0 aliphatic carbocycles. The summed E-state index contributed by atoms with van der Waals surface area (Å²) >= 11 is 5.90. The van der Waals surface area contributed by atoms with Gasteiger partial charge in [0.25, 0.3) is 0 Å². The van der Waals surface area contributed by atoms with Crippen molar-refractivity contribution in [1.82, 2.24) is 0 Å². The molecule has 4 heteroatoms. The largest absolute Gasteiger partial charge is 0.462 e. The van der Waals surface area contributed by atoms with E-state index in [1.807, 2.05) is 0 Å². The first-order valence-corrected chi connectivity index (χ1v) is 4.71. The number of halogens is 1. The molecule has 0 bridgehead atoms. The molecule has 0 spiro atoms. The minimum absolute atomic E-state index is 0.350. The van der Waals surface area contributed by atoms with Crippen LogP contribution in [0.4, 0.5) is 5.69 Å². The highest BCUT2D eigenvalue weighted by Crippen LogP contribution is 2.22. The Morgan fingerprint density at radius 3 is 2.79 bits per heavy atom. The van der Waals surface area contributed by atoms with E-state index in [2.05, 4.69) is 5.32 Å². The van der Waals surface area contributed by atoms with Gasteiger partial charge in [0.2, 0.25) is 0 Å². The smallest absolute Gasteiger partial charge is 0.338 e. The van der Waals surface area contributed by atoms with Crippen LogP contribution >= 0.6 is 11.6 Å². The van der Waals surface area contributed by atoms with Gasteiger partial charge in [-0.15, -0.1) is 0 Å². The van der Waals surface area contributed by atoms with Crippen LogP contribution in [0.25, 0.3) is 0 Å². The van der Waals surface area contributed by atoms with Crippen LogP contribution in [0.3, 0.4) is 0 Å². The SMILES string of the molecule is CCOC(=O)c1ccc(NC)c(Cl)c1. The Morgan fingerprint density at radius 2 is 2.29 bits per heavy atom. The third-order valence-corrected chi connectivity index (χ3v) is 2.06. The van der Waals surface area contributed by atoms with E-state index >= 15 is 0 Å². The summed E-state index contributed by atoms with van der Waals surface area (Å²) in [5.74, 6) is -0.350. The minimum atomic E-state index is -0.350. The van der Waals surface area contributed by atoms with Crippen molar-refractivity contribution in [3.8, 4) is 0 Å². The lowest BCUT2D eigenvalue weighted by Crippen LogP contribution is -2.04. The first-order valence-electron chi connectivity index (χ1n) is 4.33. The summed E-state index contributed by atoms with van der Waals surface area (Å²) in [5, 5.41) is 3.42. The van der Waals surface area contributed by atoms with Gasteiger partial charge in [-0.2, -0.15) is 0 Å². The van der Waals surface area contributed by atoms with Gasteiger partial charge in [-0.05, 0) is 25.1 Å². The van der Waals surface area contributed by atoms with Gasteiger partial charge in [0.1, 0.15) is 0 Å². The van der Waals surface area contributed by atoms with Crippen molar-refractivity contribution in [2.24, 2.45) is 0 Å². The Labute approximate surface area is 88.0 Å². The van der Waals surface area contributed by atoms with Gasteiger partial charge in [0, 0.05) is 7.05 Å². The quantitative estimate of drug-likeness (QED) is 0.785. The topological polar surface area (TPSA) is 38.3 Å². The number of carbonyl (C=O) groups excluding carboxylic acids is 1. The molecule has 0 atom stereocenters. The van der Waals surface area contributed by atoms with Crippen LogP contribution < -0.4 is 5.32 Å². The molecule has 0 saturated carbocycles. The van der Waals surface area contributed by atoms with Gasteiger partial charge in [-0.25, -0.2) is 4.79 Å². The maximum atomic E-state index is 11.3. The van der Waals surface area contributed by atoms with Crippen molar-refractivity contribution in [1.29, 1.82) is 0 Å². The van der Waals surface area contributed by atoms with Crippen LogP contribution in [0.1, 0.15) is 17.3 Å². The fourth-order valence-corrected chi connectivity index (χ4v) is 1.33. The third kappa shape index (κ3) is 2.39. The molecule has 14 heavy (non-hydrogen) atoms. The normalized spacial score (nSPS) is 9.64. The zero-order valence-electron chi connectivity index (χ0n) is 8.13. The fourth-order valence-electron chi connectivity index (χ4n) is 1.06. The monoisotopic (exact) mass is 213 g/mol. The van der Waals surface area contributed by atoms with Crippen LogP contribution in [0.5, 0.6) is 0 Å². The molecular formula is C10H12ClNO2. The standard InChI is InChI=1S/C10H12ClNO2/c1-3-14-10(13)7-4-5-9(12-2)8(11)6-7/h4-6,12H,3H2,1-2H3. The summed E-state index contributed by atoms with van der Waals surface area (Å²) < 4.78 is 4.84. The number of nitrogens with one attached hydrogen (secondary N) is 1. The average Bonchev–Trinajstić information content (AvgIpc) is 2.18. The van der Waals surface area contributed by atoms with Crippen LogP contribution in [-0.2, 0) is 4.74 Å². The zero-order valence-corrected chi connectivity index (χ0v) is 8.89. The molecule has 0 heterocycles. The number of anilines is 1. The molecule has 1 aromatic carbocycles. The lowest BCUT2D eigenvalue weighted by molar-refractivity contribution is 0.0526. The molecule has 76 valence electrons. The van der Waals surface area contributed by atoms with Gasteiger partial charge in [0.15, 0.2) is 0 Å². The molecule has 0 aliphatic heterocycles. The van der Waals surface area contributed by atoms with Crippen molar-refractivity contribution >= 4 is 23.3 Å². The Balaban J connectivity index is 2.91. The number of benzene rings is 1. The summed E-state index contributed by atoms with van der Waals surface area (Å²) in [6.45, 7) is 2.13. The number of carbonyl (C=O) groups is 1. The minimum Gasteiger partial charge on any atom is -0.462 e. The van der Waals surface area contributed by atoms with Gasteiger partial charge >= 0.3 is 5.97 Å². The average molecular weight is 214 g/mol. The van der Waals surface area contributed by atoms with E-state index in [1.165, 1.54) is 0 Å². The van der Waals surface area contributed by atoms with E-state index in [0.717, 1.165) is 5.69 Å². The molecule has 1 N–H and O–H groups in total. The van der Waals surface area contributed by atoms with Crippen LogP contribution in [0.2, 0.25) is 5.02 Å². The van der Waals surface area contributed by atoms with E-state index < -0.39 is 0 Å². The number of hydrogen-bond donors (Lipinski definition) is 1. The highest BCUT2D eigenvalue weighted by atomic mass is 35.5. The predicted molar refractivity (Wildman–Crippen MR) is 57.0 cm³/mol. The van der Waals surface area contributed by atoms with Crippen LogP contribution in [0, 0.1) is 0 Å². The highest BCUT2D eigenvalue weighted by molar-refractivity contribution is 6.33. The summed E-state index contributed by atoms with van der Waals surface area (Å²) in [5.41, 5.74) is 1.26. The molecule has 0 unspecified atom stereocenters. The number of esters is 1. The summed E-state index contributed by atoms with van der Waals surface area (Å²) in [7, 11) is 1.77. The first kappa shape index (κ1) is 10.9. The number of hydrogen-bond acceptors (Lipinski definition) is 3. The fraction of sp³-hybridized carbons (Fsp3) is 0.300. The second kappa shape index (κ2) is 4.86. The summed E-state index contributed by atoms with van der Waals surface area (Å²) in [4.78, 5) is 11.3. The molecule has 0 saturated heterocycles. The molecule has 1 rings (SSSR count). The lowest BCUT2D eigenvalue weighted by Gasteiger charge is -2.05. The number of ether oxygens (including phenoxy) is 1. The van der Waals surface area contributed by atoms with Gasteiger partial charge < -0.3 is 10.1 Å². The van der Waals surface area contributed by atoms with E-state index in [4.69, 9.17) is 16.3 Å².